The Morgan fingerprint density at radius 1 is 1.38 bits per heavy atom. The lowest BCUT2D eigenvalue weighted by molar-refractivity contribution is -0.384. The molecule has 1 aromatic carbocycles. The van der Waals surface area contributed by atoms with Crippen LogP contribution in [-0.4, -0.2) is 28.1 Å². The fraction of sp³-hybridized carbons (Fsp3) is 0.385. The molecule has 2 amide bonds. The van der Waals surface area contributed by atoms with Crippen molar-refractivity contribution in [1.29, 1.82) is 0 Å². The van der Waals surface area contributed by atoms with Crippen molar-refractivity contribution in [3.8, 4) is 0 Å². The number of non-ortho nitro benzene ring substituents is 1. The summed E-state index contributed by atoms with van der Waals surface area (Å²) in [5.74, 6) is -1.71. The van der Waals surface area contributed by atoms with Crippen molar-refractivity contribution in [2.75, 3.05) is 0 Å². The summed E-state index contributed by atoms with van der Waals surface area (Å²) in [5.41, 5.74) is 0.529. The Morgan fingerprint density at radius 2 is 2.05 bits per heavy atom. The zero-order valence-electron chi connectivity index (χ0n) is 11.7. The number of urea groups is 1. The van der Waals surface area contributed by atoms with E-state index in [9.17, 15) is 19.7 Å². The smallest absolute Gasteiger partial charge is 0.315 e. The number of aliphatic carboxylic acids is 1. The molecule has 0 fully saturated rings. The number of hydrogen-bond acceptors (Lipinski definition) is 4. The van der Waals surface area contributed by atoms with E-state index in [1.165, 1.54) is 25.1 Å². The highest BCUT2D eigenvalue weighted by molar-refractivity contribution is 5.76. The molecule has 0 saturated carbocycles. The standard InChI is InChI=1S/C13H17N3O5/c1-8(12(17)18)9(2)15-13(19)14-7-10-4-3-5-11(6-10)16(20)21/h3-6,8-9H,7H2,1-2H3,(H,17,18)(H2,14,15,19). The van der Waals surface area contributed by atoms with Gasteiger partial charge in [0.05, 0.1) is 10.8 Å². The van der Waals surface area contributed by atoms with E-state index < -0.39 is 28.9 Å². The van der Waals surface area contributed by atoms with Crippen LogP contribution in [0.4, 0.5) is 10.5 Å². The molecule has 1 aromatic rings. The number of carbonyl (C=O) groups excluding carboxylic acids is 1. The first kappa shape index (κ1) is 16.4. The van der Waals surface area contributed by atoms with Crippen molar-refractivity contribution in [2.45, 2.75) is 26.4 Å². The van der Waals surface area contributed by atoms with Crippen LogP contribution in [0.2, 0.25) is 0 Å². The second kappa shape index (κ2) is 7.22. The summed E-state index contributed by atoms with van der Waals surface area (Å²) in [5, 5.41) is 24.5. The highest BCUT2D eigenvalue weighted by atomic mass is 16.6. The maximum atomic E-state index is 11.6. The zero-order chi connectivity index (χ0) is 16.0. The van der Waals surface area contributed by atoms with Crippen LogP contribution in [0, 0.1) is 16.0 Å². The van der Waals surface area contributed by atoms with Crippen LogP contribution in [0.1, 0.15) is 19.4 Å². The van der Waals surface area contributed by atoms with Gasteiger partial charge in [0.25, 0.3) is 5.69 Å². The molecule has 8 nitrogen and oxygen atoms in total. The molecule has 0 heterocycles. The van der Waals surface area contributed by atoms with Crippen molar-refractivity contribution in [2.24, 2.45) is 5.92 Å². The van der Waals surface area contributed by atoms with Crippen molar-refractivity contribution >= 4 is 17.7 Å². The lowest BCUT2D eigenvalue weighted by Gasteiger charge is -2.18. The van der Waals surface area contributed by atoms with E-state index >= 15 is 0 Å². The summed E-state index contributed by atoms with van der Waals surface area (Å²) >= 11 is 0. The average molecular weight is 295 g/mol. The first-order valence-corrected chi connectivity index (χ1v) is 6.31. The predicted molar refractivity (Wildman–Crippen MR) is 74.7 cm³/mol. The monoisotopic (exact) mass is 295 g/mol. The van der Waals surface area contributed by atoms with Gasteiger partial charge in [-0.2, -0.15) is 0 Å². The summed E-state index contributed by atoms with van der Waals surface area (Å²) in [7, 11) is 0. The Hall–Kier alpha value is -2.64. The normalized spacial score (nSPS) is 13.0. The molecule has 0 aliphatic rings. The minimum atomic E-state index is -0.999. The number of carbonyl (C=O) groups is 2. The van der Waals surface area contributed by atoms with Gasteiger partial charge < -0.3 is 15.7 Å². The van der Waals surface area contributed by atoms with E-state index in [2.05, 4.69) is 10.6 Å². The summed E-state index contributed by atoms with van der Waals surface area (Å²) < 4.78 is 0. The lowest BCUT2D eigenvalue weighted by Crippen LogP contribution is -2.45. The van der Waals surface area contributed by atoms with Crippen LogP contribution in [0.5, 0.6) is 0 Å². The van der Waals surface area contributed by atoms with Crippen molar-refractivity contribution in [3.63, 3.8) is 0 Å². The summed E-state index contributed by atoms with van der Waals surface area (Å²) in [6.07, 6.45) is 0. The molecular formula is C13H17N3O5. The molecule has 1 rings (SSSR count). The third-order valence-corrected chi connectivity index (χ3v) is 3.07. The number of amides is 2. The molecule has 2 atom stereocenters. The molecule has 0 spiro atoms. The minimum absolute atomic E-state index is 0.0532. The fourth-order valence-electron chi connectivity index (χ4n) is 1.56. The zero-order valence-corrected chi connectivity index (χ0v) is 11.7. The molecule has 0 aromatic heterocycles. The number of rotatable bonds is 6. The average Bonchev–Trinajstić information content (AvgIpc) is 2.44. The number of carboxylic acid groups (broad SMARTS) is 1. The van der Waals surface area contributed by atoms with E-state index in [1.807, 2.05) is 0 Å². The first-order chi connectivity index (χ1) is 9.81. The molecule has 0 aliphatic carbocycles. The highest BCUT2D eigenvalue weighted by Crippen LogP contribution is 2.12. The Bertz CT molecular complexity index is 546. The third kappa shape index (κ3) is 5.09. The van der Waals surface area contributed by atoms with Crippen LogP contribution in [0.15, 0.2) is 24.3 Å². The Labute approximate surface area is 121 Å². The molecular weight excluding hydrogens is 278 g/mol. The Morgan fingerprint density at radius 3 is 2.62 bits per heavy atom. The van der Waals surface area contributed by atoms with Crippen LogP contribution in [0.3, 0.4) is 0 Å². The van der Waals surface area contributed by atoms with E-state index in [0.717, 1.165) is 0 Å². The minimum Gasteiger partial charge on any atom is -0.481 e. The molecule has 0 saturated heterocycles. The number of hydrogen-bond donors (Lipinski definition) is 3. The predicted octanol–water partition coefficient (Wildman–Crippen LogP) is 1.50. The summed E-state index contributed by atoms with van der Waals surface area (Å²) in [4.78, 5) is 32.5. The molecule has 2 unspecified atom stereocenters. The van der Waals surface area contributed by atoms with Gasteiger partial charge in [-0.25, -0.2) is 4.79 Å². The number of nitro groups is 1. The Balaban J connectivity index is 2.51. The van der Waals surface area contributed by atoms with E-state index in [0.29, 0.717) is 5.56 Å². The fourth-order valence-corrected chi connectivity index (χ4v) is 1.56. The first-order valence-electron chi connectivity index (χ1n) is 6.31. The second-order valence-corrected chi connectivity index (χ2v) is 4.67. The number of benzene rings is 1. The largest absolute Gasteiger partial charge is 0.481 e. The van der Waals surface area contributed by atoms with Crippen LogP contribution in [-0.2, 0) is 11.3 Å². The summed E-state index contributed by atoms with van der Waals surface area (Å²) in [6.45, 7) is 3.20. The molecule has 0 aliphatic heterocycles. The number of nitrogens with one attached hydrogen (secondary N) is 2. The third-order valence-electron chi connectivity index (χ3n) is 3.07. The van der Waals surface area contributed by atoms with E-state index in [-0.39, 0.29) is 12.2 Å². The Kier molecular flexibility index (Phi) is 5.65. The van der Waals surface area contributed by atoms with Gasteiger partial charge in [0.15, 0.2) is 0 Å². The number of nitro benzene ring substituents is 1. The second-order valence-electron chi connectivity index (χ2n) is 4.67. The molecule has 0 bridgehead atoms. The molecule has 0 radical (unpaired) electrons. The van der Waals surface area contributed by atoms with Crippen LogP contribution < -0.4 is 10.6 Å². The highest BCUT2D eigenvalue weighted by Gasteiger charge is 2.20. The van der Waals surface area contributed by atoms with Gasteiger partial charge in [0.1, 0.15) is 0 Å². The summed E-state index contributed by atoms with van der Waals surface area (Å²) in [6, 6.07) is 4.84. The number of nitrogens with zero attached hydrogens (tertiary/aromatic N) is 1. The maximum Gasteiger partial charge on any atom is 0.315 e. The maximum absolute atomic E-state index is 11.6. The molecule has 114 valence electrons. The quantitative estimate of drug-likeness (QED) is 0.542. The van der Waals surface area contributed by atoms with Gasteiger partial charge in [0, 0.05) is 24.7 Å². The van der Waals surface area contributed by atoms with E-state index in [4.69, 9.17) is 5.11 Å². The van der Waals surface area contributed by atoms with Gasteiger partial charge in [-0.05, 0) is 19.4 Å². The number of carboxylic acids is 1. The van der Waals surface area contributed by atoms with Crippen LogP contribution >= 0.6 is 0 Å². The molecule has 3 N–H and O–H groups in total. The van der Waals surface area contributed by atoms with Gasteiger partial charge in [-0.3, -0.25) is 14.9 Å². The topological polar surface area (TPSA) is 122 Å². The van der Waals surface area contributed by atoms with Crippen molar-refractivity contribution in [1.82, 2.24) is 10.6 Å². The molecule has 21 heavy (non-hydrogen) atoms. The van der Waals surface area contributed by atoms with Crippen LogP contribution in [0.25, 0.3) is 0 Å². The van der Waals surface area contributed by atoms with Gasteiger partial charge in [-0.15, -0.1) is 0 Å². The SMILES string of the molecule is CC(NC(=O)NCc1cccc([N+](=O)[O-])c1)C(C)C(=O)O. The van der Waals surface area contributed by atoms with Gasteiger partial charge >= 0.3 is 12.0 Å². The lowest BCUT2D eigenvalue weighted by atomic mass is 10.0. The van der Waals surface area contributed by atoms with Crippen molar-refractivity contribution < 1.29 is 19.6 Å². The van der Waals surface area contributed by atoms with Gasteiger partial charge in [-0.1, -0.05) is 12.1 Å². The van der Waals surface area contributed by atoms with E-state index in [1.54, 1.807) is 13.0 Å². The molecule has 8 heteroatoms. The van der Waals surface area contributed by atoms with Gasteiger partial charge in [0.2, 0.25) is 0 Å². The van der Waals surface area contributed by atoms with Crippen molar-refractivity contribution in [3.05, 3.63) is 39.9 Å².